The second-order valence-electron chi connectivity index (χ2n) is 4.52. The molecular formula is C13H17N3O. The van der Waals surface area contributed by atoms with Gasteiger partial charge >= 0.3 is 0 Å². The zero-order valence-electron chi connectivity index (χ0n) is 10.3. The first-order chi connectivity index (χ1) is 8.02. The highest BCUT2D eigenvalue weighted by Gasteiger charge is 2.15. The molecule has 3 N–H and O–H groups in total. The largest absolute Gasteiger partial charge is 0.393 e. The number of anilines is 1. The molecule has 0 radical (unpaired) electrons. The number of nitrogen functional groups attached to an aromatic ring is 1. The molecule has 0 spiro atoms. The Hall–Kier alpha value is -1.97. The first-order valence-electron chi connectivity index (χ1n) is 5.68. The Bertz CT molecular complexity index is 593. The maximum absolute atomic E-state index is 12.1. The molecule has 0 fully saturated rings. The molecule has 0 bridgehead atoms. The molecule has 1 aromatic carbocycles. The van der Waals surface area contributed by atoms with Gasteiger partial charge in [-0.3, -0.25) is 9.89 Å². The molecule has 0 aliphatic heterocycles. The summed E-state index contributed by atoms with van der Waals surface area (Å²) < 4.78 is 1.51. The van der Waals surface area contributed by atoms with Gasteiger partial charge in [0.05, 0.1) is 11.4 Å². The van der Waals surface area contributed by atoms with Gasteiger partial charge in [-0.2, -0.15) is 0 Å². The number of nitrogens with one attached hydrogen (secondary N) is 1. The first kappa shape index (κ1) is 11.5. The number of nitrogens with two attached hydrogens (primary N) is 1. The van der Waals surface area contributed by atoms with Crippen LogP contribution in [-0.4, -0.2) is 9.78 Å². The molecule has 4 nitrogen and oxygen atoms in total. The van der Waals surface area contributed by atoms with E-state index < -0.39 is 0 Å². The molecule has 0 aliphatic rings. The highest BCUT2D eigenvalue weighted by atomic mass is 16.1. The molecule has 2 rings (SSSR count). The molecule has 1 aromatic heterocycles. The van der Waals surface area contributed by atoms with Crippen LogP contribution in [0.25, 0.3) is 5.69 Å². The summed E-state index contributed by atoms with van der Waals surface area (Å²) in [6.45, 7) is 5.97. The maximum Gasteiger partial charge on any atom is 0.294 e. The van der Waals surface area contributed by atoms with Gasteiger partial charge in [0.15, 0.2) is 0 Å². The third kappa shape index (κ3) is 1.86. The fourth-order valence-corrected chi connectivity index (χ4v) is 1.89. The Morgan fingerprint density at radius 2 is 1.94 bits per heavy atom. The van der Waals surface area contributed by atoms with Crippen molar-refractivity contribution >= 4 is 5.69 Å². The summed E-state index contributed by atoms with van der Waals surface area (Å²) in [5.74, 6) is 0.202. The van der Waals surface area contributed by atoms with Crippen LogP contribution in [-0.2, 0) is 0 Å². The summed E-state index contributed by atoms with van der Waals surface area (Å²) in [5.41, 5.74) is 8.63. The van der Waals surface area contributed by atoms with Crippen LogP contribution in [0.1, 0.15) is 31.0 Å². The van der Waals surface area contributed by atoms with E-state index >= 15 is 0 Å². The SMILES string of the molecule is Cc1ccccc1-n1[nH]c(C(C)C)c(N)c1=O. The van der Waals surface area contributed by atoms with E-state index in [1.165, 1.54) is 4.68 Å². The lowest BCUT2D eigenvalue weighted by atomic mass is 10.1. The van der Waals surface area contributed by atoms with Crippen molar-refractivity contribution < 1.29 is 0 Å². The van der Waals surface area contributed by atoms with E-state index in [1.54, 1.807) is 0 Å². The molecule has 0 unspecified atom stereocenters. The number of aryl methyl sites for hydroxylation is 1. The van der Waals surface area contributed by atoms with Crippen LogP contribution in [0.5, 0.6) is 0 Å². The minimum Gasteiger partial charge on any atom is -0.393 e. The summed E-state index contributed by atoms with van der Waals surface area (Å²) in [7, 11) is 0. The smallest absolute Gasteiger partial charge is 0.294 e. The molecular weight excluding hydrogens is 214 g/mol. The number of H-pyrrole nitrogens is 1. The standard InChI is InChI=1S/C13H17N3O/c1-8(2)12-11(14)13(17)16(15-12)10-7-5-4-6-9(10)3/h4-8,15H,14H2,1-3H3. The Labute approximate surface area is 100 Å². The van der Waals surface area contributed by atoms with Crippen molar-refractivity contribution in [3.8, 4) is 5.69 Å². The average Bonchev–Trinajstić information content (AvgIpc) is 2.57. The van der Waals surface area contributed by atoms with E-state index in [0.29, 0.717) is 5.69 Å². The minimum atomic E-state index is -0.178. The first-order valence-corrected chi connectivity index (χ1v) is 5.68. The van der Waals surface area contributed by atoms with Gasteiger partial charge < -0.3 is 5.73 Å². The topological polar surface area (TPSA) is 63.8 Å². The highest BCUT2D eigenvalue weighted by molar-refractivity contribution is 5.47. The molecule has 17 heavy (non-hydrogen) atoms. The quantitative estimate of drug-likeness (QED) is 0.832. The summed E-state index contributed by atoms with van der Waals surface area (Å²) >= 11 is 0. The van der Waals surface area contributed by atoms with Crippen LogP contribution in [0.4, 0.5) is 5.69 Å². The Morgan fingerprint density at radius 1 is 1.29 bits per heavy atom. The lowest BCUT2D eigenvalue weighted by molar-refractivity contribution is 0.758. The molecule has 4 heteroatoms. The molecule has 2 aromatic rings. The minimum absolute atomic E-state index is 0.178. The third-order valence-corrected chi connectivity index (χ3v) is 2.89. The lowest BCUT2D eigenvalue weighted by Gasteiger charge is -2.06. The van der Waals surface area contributed by atoms with Gasteiger partial charge in [-0.05, 0) is 24.5 Å². The van der Waals surface area contributed by atoms with Gasteiger partial charge in [-0.15, -0.1) is 0 Å². The van der Waals surface area contributed by atoms with Crippen molar-refractivity contribution in [2.24, 2.45) is 0 Å². The second-order valence-corrected chi connectivity index (χ2v) is 4.52. The summed E-state index contributed by atoms with van der Waals surface area (Å²) in [4.78, 5) is 12.1. The van der Waals surface area contributed by atoms with E-state index in [4.69, 9.17) is 5.73 Å². The van der Waals surface area contributed by atoms with Crippen molar-refractivity contribution in [3.63, 3.8) is 0 Å². The van der Waals surface area contributed by atoms with E-state index in [-0.39, 0.29) is 11.5 Å². The number of nitrogens with zero attached hydrogens (tertiary/aromatic N) is 1. The van der Waals surface area contributed by atoms with Gasteiger partial charge in [-0.25, -0.2) is 4.68 Å². The van der Waals surface area contributed by atoms with Crippen LogP contribution >= 0.6 is 0 Å². The van der Waals surface area contributed by atoms with Crippen LogP contribution in [0.15, 0.2) is 29.1 Å². The number of hydrogen-bond donors (Lipinski definition) is 2. The zero-order chi connectivity index (χ0) is 12.6. The lowest BCUT2D eigenvalue weighted by Crippen LogP contribution is -2.17. The molecule has 0 amide bonds. The molecule has 90 valence electrons. The van der Waals surface area contributed by atoms with Crippen molar-refractivity contribution in [2.75, 3.05) is 5.73 Å². The number of para-hydroxylation sites is 1. The van der Waals surface area contributed by atoms with Crippen LogP contribution in [0.2, 0.25) is 0 Å². The van der Waals surface area contributed by atoms with Gasteiger partial charge in [0.25, 0.3) is 5.56 Å². The molecule has 0 aliphatic carbocycles. The molecule has 1 heterocycles. The second kappa shape index (κ2) is 4.13. The highest BCUT2D eigenvalue weighted by Crippen LogP contribution is 2.18. The van der Waals surface area contributed by atoms with Gasteiger partial charge in [0.1, 0.15) is 5.69 Å². The average molecular weight is 231 g/mol. The predicted octanol–water partition coefficient (Wildman–Crippen LogP) is 2.18. The Morgan fingerprint density at radius 3 is 2.47 bits per heavy atom. The summed E-state index contributed by atoms with van der Waals surface area (Å²) in [6, 6.07) is 7.71. The van der Waals surface area contributed by atoms with E-state index in [1.807, 2.05) is 45.0 Å². The van der Waals surface area contributed by atoms with E-state index in [2.05, 4.69) is 5.10 Å². The van der Waals surface area contributed by atoms with Gasteiger partial charge in [0, 0.05) is 0 Å². The Kier molecular flexibility index (Phi) is 2.79. The summed E-state index contributed by atoms with van der Waals surface area (Å²) in [6.07, 6.45) is 0. The normalized spacial score (nSPS) is 11.1. The number of benzene rings is 1. The number of aromatic amines is 1. The van der Waals surface area contributed by atoms with Crippen LogP contribution in [0.3, 0.4) is 0 Å². The van der Waals surface area contributed by atoms with Crippen molar-refractivity contribution in [1.82, 2.24) is 9.78 Å². The van der Waals surface area contributed by atoms with E-state index in [9.17, 15) is 4.79 Å². The van der Waals surface area contributed by atoms with Crippen molar-refractivity contribution in [2.45, 2.75) is 26.7 Å². The fraction of sp³-hybridized carbons (Fsp3) is 0.308. The summed E-state index contributed by atoms with van der Waals surface area (Å²) in [5, 5.41) is 3.09. The number of rotatable bonds is 2. The van der Waals surface area contributed by atoms with Gasteiger partial charge in [0.2, 0.25) is 0 Å². The van der Waals surface area contributed by atoms with Crippen molar-refractivity contribution in [1.29, 1.82) is 0 Å². The number of hydrogen-bond acceptors (Lipinski definition) is 2. The maximum atomic E-state index is 12.1. The Balaban J connectivity index is 2.66. The predicted molar refractivity (Wildman–Crippen MR) is 69.6 cm³/mol. The van der Waals surface area contributed by atoms with Crippen LogP contribution < -0.4 is 11.3 Å². The monoisotopic (exact) mass is 231 g/mol. The van der Waals surface area contributed by atoms with Crippen molar-refractivity contribution in [3.05, 3.63) is 45.9 Å². The number of aromatic nitrogens is 2. The molecule has 0 saturated carbocycles. The fourth-order valence-electron chi connectivity index (χ4n) is 1.89. The molecule has 0 atom stereocenters. The zero-order valence-corrected chi connectivity index (χ0v) is 10.3. The van der Waals surface area contributed by atoms with E-state index in [0.717, 1.165) is 16.9 Å². The van der Waals surface area contributed by atoms with Gasteiger partial charge in [-0.1, -0.05) is 32.0 Å². The third-order valence-electron chi connectivity index (χ3n) is 2.89. The molecule has 0 saturated heterocycles. The van der Waals surface area contributed by atoms with Crippen LogP contribution in [0, 0.1) is 6.92 Å².